The van der Waals surface area contributed by atoms with Gasteiger partial charge in [0.1, 0.15) is 42.5 Å². The maximum atomic E-state index is 14.1. The summed E-state index contributed by atoms with van der Waals surface area (Å²) in [5.74, 6) is -1.56. The molecule has 0 bridgehead atoms. The maximum Gasteiger partial charge on any atom is 0.137 e. The third-order valence-electron chi connectivity index (χ3n) is 4.15. The van der Waals surface area contributed by atoms with Crippen molar-refractivity contribution in [2.75, 3.05) is 0 Å². The zero-order valence-electron chi connectivity index (χ0n) is 15.7. The van der Waals surface area contributed by atoms with E-state index in [9.17, 15) is 13.9 Å². The molecule has 0 unspecified atom stereocenters. The predicted molar refractivity (Wildman–Crippen MR) is 101 cm³/mol. The second kappa shape index (κ2) is 9.16. The molecular weight excluding hydrogens is 378 g/mol. The molecule has 9 heteroatoms. The van der Waals surface area contributed by atoms with Crippen LogP contribution >= 0.6 is 0 Å². The maximum absolute atomic E-state index is 14.1. The Morgan fingerprint density at radius 3 is 1.90 bits per heavy atom. The van der Waals surface area contributed by atoms with Crippen molar-refractivity contribution < 1.29 is 13.9 Å². The van der Waals surface area contributed by atoms with Gasteiger partial charge in [-0.15, -0.1) is 0 Å². The zero-order chi connectivity index (χ0) is 20.7. The van der Waals surface area contributed by atoms with Gasteiger partial charge in [0, 0.05) is 11.6 Å². The molecule has 4 rings (SSSR count). The summed E-state index contributed by atoms with van der Waals surface area (Å²) in [7, 11) is 0. The SMILES string of the molecule is Cc1ccccc1.OC(Cn1cncn1)(Cn1cncn1)c1ccc(F)cc1F. The van der Waals surface area contributed by atoms with Crippen LogP contribution < -0.4 is 0 Å². The van der Waals surface area contributed by atoms with Gasteiger partial charge in [0.25, 0.3) is 0 Å². The first kappa shape index (κ1) is 20.3. The highest BCUT2D eigenvalue weighted by Gasteiger charge is 2.34. The summed E-state index contributed by atoms with van der Waals surface area (Å²) >= 11 is 0. The number of aromatic nitrogens is 6. The smallest absolute Gasteiger partial charge is 0.137 e. The van der Waals surface area contributed by atoms with Crippen molar-refractivity contribution in [3.63, 3.8) is 0 Å². The van der Waals surface area contributed by atoms with Crippen molar-refractivity contribution in [2.24, 2.45) is 0 Å². The quantitative estimate of drug-likeness (QED) is 0.559. The zero-order valence-corrected chi connectivity index (χ0v) is 15.7. The minimum absolute atomic E-state index is 0.0556. The van der Waals surface area contributed by atoms with Gasteiger partial charge >= 0.3 is 0 Å². The molecule has 7 nitrogen and oxygen atoms in total. The van der Waals surface area contributed by atoms with Crippen molar-refractivity contribution in [1.82, 2.24) is 29.5 Å². The highest BCUT2D eigenvalue weighted by Crippen LogP contribution is 2.28. The van der Waals surface area contributed by atoms with Crippen molar-refractivity contribution in [3.8, 4) is 0 Å². The molecule has 1 N–H and O–H groups in total. The largest absolute Gasteiger partial charge is 0.381 e. The van der Waals surface area contributed by atoms with Crippen LogP contribution in [0, 0.1) is 18.6 Å². The van der Waals surface area contributed by atoms with Crippen molar-refractivity contribution >= 4 is 0 Å². The van der Waals surface area contributed by atoms with Gasteiger partial charge in [-0.05, 0) is 13.0 Å². The highest BCUT2D eigenvalue weighted by atomic mass is 19.1. The Morgan fingerprint density at radius 2 is 1.48 bits per heavy atom. The summed E-state index contributed by atoms with van der Waals surface area (Å²) in [5.41, 5.74) is -0.429. The van der Waals surface area contributed by atoms with Crippen LogP contribution in [0.25, 0.3) is 0 Å². The summed E-state index contributed by atoms with van der Waals surface area (Å²) < 4.78 is 29.9. The molecule has 0 saturated carbocycles. The Hall–Kier alpha value is -3.46. The summed E-state index contributed by atoms with van der Waals surface area (Å²) in [6, 6.07) is 13.3. The number of benzene rings is 2. The first-order valence-corrected chi connectivity index (χ1v) is 8.81. The van der Waals surface area contributed by atoms with Crippen LogP contribution in [0.4, 0.5) is 8.78 Å². The molecule has 0 atom stereocenters. The first-order valence-electron chi connectivity index (χ1n) is 8.81. The van der Waals surface area contributed by atoms with Crippen LogP contribution in [0.15, 0.2) is 73.8 Å². The molecule has 2 heterocycles. The van der Waals surface area contributed by atoms with Crippen LogP contribution in [0.1, 0.15) is 11.1 Å². The fraction of sp³-hybridized carbons (Fsp3) is 0.200. The number of nitrogens with zero attached hydrogens (tertiary/aromatic N) is 6. The molecule has 2 aromatic heterocycles. The van der Waals surface area contributed by atoms with Crippen LogP contribution in [0.2, 0.25) is 0 Å². The number of halogens is 2. The average Bonchev–Trinajstić information content (AvgIpc) is 3.37. The Kier molecular flexibility index (Phi) is 6.40. The number of hydrogen-bond donors (Lipinski definition) is 1. The van der Waals surface area contributed by atoms with Crippen LogP contribution in [-0.2, 0) is 18.7 Å². The van der Waals surface area contributed by atoms with Gasteiger partial charge in [-0.1, -0.05) is 42.0 Å². The van der Waals surface area contributed by atoms with Gasteiger partial charge in [-0.3, -0.25) is 0 Å². The van der Waals surface area contributed by atoms with Gasteiger partial charge in [-0.25, -0.2) is 28.1 Å². The van der Waals surface area contributed by atoms with E-state index in [2.05, 4.69) is 39.2 Å². The van der Waals surface area contributed by atoms with E-state index in [1.807, 2.05) is 18.2 Å². The Labute approximate surface area is 166 Å². The van der Waals surface area contributed by atoms with E-state index in [-0.39, 0.29) is 18.7 Å². The van der Waals surface area contributed by atoms with E-state index in [0.717, 1.165) is 12.1 Å². The molecule has 0 radical (unpaired) electrons. The molecule has 150 valence electrons. The summed E-state index contributed by atoms with van der Waals surface area (Å²) in [4.78, 5) is 7.57. The normalized spacial score (nSPS) is 11.0. The lowest BCUT2D eigenvalue weighted by atomic mass is 9.93. The summed E-state index contributed by atoms with van der Waals surface area (Å²) in [5, 5.41) is 18.8. The van der Waals surface area contributed by atoms with E-state index in [0.29, 0.717) is 0 Å². The first-order chi connectivity index (χ1) is 14.0. The van der Waals surface area contributed by atoms with Gasteiger partial charge in [0.15, 0.2) is 0 Å². The fourth-order valence-corrected chi connectivity index (χ4v) is 2.79. The third kappa shape index (κ3) is 5.52. The minimum Gasteiger partial charge on any atom is -0.381 e. The van der Waals surface area contributed by atoms with Gasteiger partial charge in [-0.2, -0.15) is 10.2 Å². The number of rotatable bonds is 5. The number of aryl methyl sites for hydroxylation is 1. The Balaban J connectivity index is 0.000000290. The van der Waals surface area contributed by atoms with Crippen molar-refractivity contribution in [2.45, 2.75) is 25.6 Å². The molecule has 0 fully saturated rings. The summed E-state index contributed by atoms with van der Waals surface area (Å²) in [6.07, 6.45) is 5.40. The fourth-order valence-electron chi connectivity index (χ4n) is 2.79. The van der Waals surface area contributed by atoms with E-state index in [1.165, 1.54) is 46.3 Å². The lowest BCUT2D eigenvalue weighted by Gasteiger charge is -2.28. The van der Waals surface area contributed by atoms with Gasteiger partial charge in [0.05, 0.1) is 13.1 Å². The molecule has 0 amide bonds. The number of aliphatic hydroxyl groups is 1. The Bertz CT molecular complexity index is 971. The molecule has 0 aliphatic rings. The molecule has 0 aliphatic heterocycles. The van der Waals surface area contributed by atoms with Crippen LogP contribution in [0.5, 0.6) is 0 Å². The monoisotopic (exact) mass is 398 g/mol. The van der Waals surface area contributed by atoms with Gasteiger partial charge in [0.2, 0.25) is 0 Å². The van der Waals surface area contributed by atoms with Crippen molar-refractivity contribution in [1.29, 1.82) is 0 Å². The molecule has 0 saturated heterocycles. The summed E-state index contributed by atoms with van der Waals surface area (Å²) in [6.45, 7) is 1.94. The molecule has 4 aromatic rings. The average molecular weight is 398 g/mol. The second-order valence-electron chi connectivity index (χ2n) is 6.50. The van der Waals surface area contributed by atoms with Crippen LogP contribution in [-0.4, -0.2) is 34.6 Å². The standard InChI is InChI=1S/C13H12F2N6O.C7H8/c14-10-1-2-11(12(15)3-10)13(22,4-20-8-16-6-18-20)5-21-9-17-7-19-21;1-7-5-3-2-4-6-7/h1-3,6-9,22H,4-5H2;2-6H,1H3. The lowest BCUT2D eigenvalue weighted by Crippen LogP contribution is -2.37. The van der Waals surface area contributed by atoms with E-state index in [4.69, 9.17) is 0 Å². The van der Waals surface area contributed by atoms with E-state index >= 15 is 0 Å². The molecule has 0 spiro atoms. The number of hydrogen-bond acceptors (Lipinski definition) is 5. The van der Waals surface area contributed by atoms with E-state index < -0.39 is 17.2 Å². The third-order valence-corrected chi connectivity index (χ3v) is 4.15. The Morgan fingerprint density at radius 1 is 0.897 bits per heavy atom. The molecule has 29 heavy (non-hydrogen) atoms. The second-order valence-corrected chi connectivity index (χ2v) is 6.50. The lowest BCUT2D eigenvalue weighted by molar-refractivity contribution is -0.00855. The molecular formula is C20H20F2N6O. The van der Waals surface area contributed by atoms with Crippen LogP contribution in [0.3, 0.4) is 0 Å². The minimum atomic E-state index is -1.70. The molecule has 0 aliphatic carbocycles. The van der Waals surface area contributed by atoms with Crippen molar-refractivity contribution in [3.05, 3.63) is 96.6 Å². The molecule has 2 aromatic carbocycles. The highest BCUT2D eigenvalue weighted by molar-refractivity contribution is 5.25. The van der Waals surface area contributed by atoms with Gasteiger partial charge < -0.3 is 5.11 Å². The van der Waals surface area contributed by atoms with E-state index in [1.54, 1.807) is 0 Å². The predicted octanol–water partition coefficient (Wildman–Crippen LogP) is 2.73. The topological polar surface area (TPSA) is 81.6 Å².